The number of hydrogen-bond acceptors (Lipinski definition) is 2. The summed E-state index contributed by atoms with van der Waals surface area (Å²) >= 11 is 6.33. The Balaban J connectivity index is 2.12. The molecule has 0 atom stereocenters. The molecule has 0 radical (unpaired) electrons. The lowest BCUT2D eigenvalue weighted by Crippen LogP contribution is -2.08. The predicted octanol–water partition coefficient (Wildman–Crippen LogP) is 4.29. The second-order valence-electron chi connectivity index (χ2n) is 5.35. The smallest absolute Gasteiger partial charge is 0.161 e. The van der Waals surface area contributed by atoms with Crippen molar-refractivity contribution in [3.05, 3.63) is 45.7 Å². The zero-order valence-electron chi connectivity index (χ0n) is 11.3. The van der Waals surface area contributed by atoms with Crippen LogP contribution in [0.5, 0.6) is 0 Å². The molecule has 0 amide bonds. The first-order valence-electron chi connectivity index (χ1n) is 6.77. The van der Waals surface area contributed by atoms with Crippen LogP contribution in [0.3, 0.4) is 0 Å². The highest BCUT2D eigenvalue weighted by Gasteiger charge is 2.17. The number of benzene rings is 1. The summed E-state index contributed by atoms with van der Waals surface area (Å²) in [6.45, 7) is 4.19. The van der Waals surface area contributed by atoms with E-state index in [-0.39, 0.29) is 0 Å². The van der Waals surface area contributed by atoms with Gasteiger partial charge in [-0.25, -0.2) is 9.97 Å². The molecule has 0 N–H and O–H groups in total. The molecule has 0 bridgehead atoms. The van der Waals surface area contributed by atoms with Crippen LogP contribution in [0.2, 0.25) is 5.15 Å². The second kappa shape index (κ2) is 4.93. The van der Waals surface area contributed by atoms with Gasteiger partial charge in [0.05, 0.1) is 0 Å². The number of aryl methyl sites for hydroxylation is 3. The van der Waals surface area contributed by atoms with Crippen molar-refractivity contribution < 1.29 is 0 Å². The fourth-order valence-electron chi connectivity index (χ4n) is 2.78. The van der Waals surface area contributed by atoms with Gasteiger partial charge in [0, 0.05) is 16.8 Å². The molecule has 0 spiro atoms. The number of halogens is 1. The Kier molecular flexibility index (Phi) is 3.28. The molecule has 0 aliphatic heterocycles. The van der Waals surface area contributed by atoms with Crippen LogP contribution < -0.4 is 0 Å². The van der Waals surface area contributed by atoms with Crippen LogP contribution in [0.4, 0.5) is 0 Å². The minimum absolute atomic E-state index is 0.638. The lowest BCUT2D eigenvalue weighted by atomic mass is 9.97. The molecule has 3 rings (SSSR count). The van der Waals surface area contributed by atoms with Gasteiger partial charge in [0.25, 0.3) is 0 Å². The van der Waals surface area contributed by atoms with E-state index >= 15 is 0 Å². The predicted molar refractivity (Wildman–Crippen MR) is 78.6 cm³/mol. The van der Waals surface area contributed by atoms with Crippen LogP contribution in [0.25, 0.3) is 11.4 Å². The third-order valence-electron chi connectivity index (χ3n) is 3.61. The maximum atomic E-state index is 6.33. The lowest BCUT2D eigenvalue weighted by molar-refractivity contribution is 0.663. The Morgan fingerprint density at radius 2 is 1.63 bits per heavy atom. The molecule has 0 unspecified atom stereocenters. The Hall–Kier alpha value is -1.41. The third kappa shape index (κ3) is 2.50. The summed E-state index contributed by atoms with van der Waals surface area (Å²) in [5, 5.41) is 0.638. The molecule has 0 saturated heterocycles. The molecule has 1 aliphatic carbocycles. The minimum Gasteiger partial charge on any atom is -0.233 e. The van der Waals surface area contributed by atoms with Crippen molar-refractivity contribution in [2.45, 2.75) is 39.5 Å². The second-order valence-corrected chi connectivity index (χ2v) is 5.70. The molecule has 3 heteroatoms. The van der Waals surface area contributed by atoms with Gasteiger partial charge in [-0.15, -0.1) is 0 Å². The molecule has 0 fully saturated rings. The van der Waals surface area contributed by atoms with Gasteiger partial charge >= 0.3 is 0 Å². The summed E-state index contributed by atoms with van der Waals surface area (Å²) in [6, 6.07) is 6.39. The van der Waals surface area contributed by atoms with E-state index in [0.717, 1.165) is 35.5 Å². The summed E-state index contributed by atoms with van der Waals surface area (Å²) in [6.07, 6.45) is 4.43. The average molecular weight is 273 g/mol. The zero-order valence-corrected chi connectivity index (χ0v) is 12.1. The van der Waals surface area contributed by atoms with Gasteiger partial charge < -0.3 is 0 Å². The standard InChI is InChI=1S/C16H17ClN2/c1-10-7-11(2)9-12(8-10)16-18-14-6-4-3-5-13(14)15(17)19-16/h7-9H,3-6H2,1-2H3. The first-order valence-corrected chi connectivity index (χ1v) is 7.15. The van der Waals surface area contributed by atoms with Crippen molar-refractivity contribution in [1.29, 1.82) is 0 Å². The van der Waals surface area contributed by atoms with Gasteiger partial charge in [0.1, 0.15) is 5.15 Å². The van der Waals surface area contributed by atoms with Gasteiger partial charge in [-0.2, -0.15) is 0 Å². The van der Waals surface area contributed by atoms with Gasteiger partial charge in [0.15, 0.2) is 5.82 Å². The Morgan fingerprint density at radius 1 is 0.947 bits per heavy atom. The van der Waals surface area contributed by atoms with Crippen LogP contribution in [0, 0.1) is 13.8 Å². The largest absolute Gasteiger partial charge is 0.233 e. The van der Waals surface area contributed by atoms with E-state index in [4.69, 9.17) is 16.6 Å². The normalized spacial score (nSPS) is 14.3. The topological polar surface area (TPSA) is 25.8 Å². The van der Waals surface area contributed by atoms with E-state index in [1.54, 1.807) is 0 Å². The first-order chi connectivity index (χ1) is 9.13. The monoisotopic (exact) mass is 272 g/mol. The third-order valence-corrected chi connectivity index (χ3v) is 3.93. The van der Waals surface area contributed by atoms with E-state index in [1.807, 2.05) is 0 Å². The quantitative estimate of drug-likeness (QED) is 0.724. The molecular weight excluding hydrogens is 256 g/mol. The van der Waals surface area contributed by atoms with Crippen LogP contribution in [-0.4, -0.2) is 9.97 Å². The van der Waals surface area contributed by atoms with Crippen molar-refractivity contribution in [2.24, 2.45) is 0 Å². The van der Waals surface area contributed by atoms with Crippen molar-refractivity contribution in [3.8, 4) is 11.4 Å². The summed E-state index contributed by atoms with van der Waals surface area (Å²) < 4.78 is 0. The van der Waals surface area contributed by atoms with E-state index in [9.17, 15) is 0 Å². The molecule has 19 heavy (non-hydrogen) atoms. The van der Waals surface area contributed by atoms with Crippen LogP contribution >= 0.6 is 11.6 Å². The number of fused-ring (bicyclic) bond motifs is 1. The summed E-state index contributed by atoms with van der Waals surface area (Å²) in [4.78, 5) is 9.22. The van der Waals surface area contributed by atoms with Crippen molar-refractivity contribution >= 4 is 11.6 Å². The van der Waals surface area contributed by atoms with Gasteiger partial charge in [0.2, 0.25) is 0 Å². The van der Waals surface area contributed by atoms with Crippen LogP contribution in [0.1, 0.15) is 35.2 Å². The summed E-state index contributed by atoms with van der Waals surface area (Å²) in [7, 11) is 0. The Bertz CT molecular complexity index is 615. The minimum atomic E-state index is 0.638. The highest BCUT2D eigenvalue weighted by molar-refractivity contribution is 6.30. The summed E-state index contributed by atoms with van der Waals surface area (Å²) in [5.74, 6) is 0.762. The number of aromatic nitrogens is 2. The maximum absolute atomic E-state index is 6.33. The highest BCUT2D eigenvalue weighted by Crippen LogP contribution is 2.28. The highest BCUT2D eigenvalue weighted by atomic mass is 35.5. The van der Waals surface area contributed by atoms with Crippen LogP contribution in [0.15, 0.2) is 18.2 Å². The lowest BCUT2D eigenvalue weighted by Gasteiger charge is -2.16. The molecule has 1 aliphatic rings. The summed E-state index contributed by atoms with van der Waals surface area (Å²) in [5.41, 5.74) is 5.81. The fourth-order valence-corrected chi connectivity index (χ4v) is 3.06. The zero-order chi connectivity index (χ0) is 13.4. The molecule has 98 valence electrons. The first kappa shape index (κ1) is 12.6. The molecule has 2 aromatic rings. The number of hydrogen-bond donors (Lipinski definition) is 0. The van der Waals surface area contributed by atoms with Gasteiger partial charge in [-0.3, -0.25) is 0 Å². The Morgan fingerprint density at radius 3 is 2.37 bits per heavy atom. The van der Waals surface area contributed by atoms with Crippen molar-refractivity contribution in [3.63, 3.8) is 0 Å². The molecule has 1 heterocycles. The number of nitrogens with zero attached hydrogens (tertiary/aromatic N) is 2. The van der Waals surface area contributed by atoms with Gasteiger partial charge in [-0.1, -0.05) is 28.8 Å². The van der Waals surface area contributed by atoms with Crippen molar-refractivity contribution in [1.82, 2.24) is 9.97 Å². The molecule has 2 nitrogen and oxygen atoms in total. The molecular formula is C16H17ClN2. The molecule has 0 saturated carbocycles. The van der Waals surface area contributed by atoms with Crippen LogP contribution in [-0.2, 0) is 12.8 Å². The van der Waals surface area contributed by atoms with Crippen molar-refractivity contribution in [2.75, 3.05) is 0 Å². The SMILES string of the molecule is Cc1cc(C)cc(-c2nc(Cl)c3c(n2)CCCC3)c1. The van der Waals surface area contributed by atoms with E-state index in [0.29, 0.717) is 5.15 Å². The molecule has 1 aromatic heterocycles. The average Bonchev–Trinajstić information content (AvgIpc) is 2.37. The van der Waals surface area contributed by atoms with Gasteiger partial charge in [-0.05, 0) is 51.7 Å². The Labute approximate surface area is 118 Å². The van der Waals surface area contributed by atoms with E-state index in [1.165, 1.54) is 24.0 Å². The number of rotatable bonds is 1. The van der Waals surface area contributed by atoms with E-state index < -0.39 is 0 Å². The maximum Gasteiger partial charge on any atom is 0.161 e. The molecule has 1 aromatic carbocycles. The fraction of sp³-hybridized carbons (Fsp3) is 0.375. The van der Waals surface area contributed by atoms with E-state index in [2.05, 4.69) is 37.0 Å².